The highest BCUT2D eigenvalue weighted by atomic mass is 16.5. The van der Waals surface area contributed by atoms with Gasteiger partial charge in [-0.1, -0.05) is 12.8 Å². The molecule has 5 heterocycles. The Hall–Kier alpha value is -2.94. The van der Waals surface area contributed by atoms with E-state index < -0.39 is 5.54 Å². The quantitative estimate of drug-likeness (QED) is 0.647. The monoisotopic (exact) mass is 463 g/mol. The minimum absolute atomic E-state index is 0.133. The van der Waals surface area contributed by atoms with Crippen molar-refractivity contribution < 1.29 is 9.53 Å². The maximum atomic E-state index is 13.0. The molecule has 180 valence electrons. The van der Waals surface area contributed by atoms with Gasteiger partial charge in [0.15, 0.2) is 0 Å². The summed E-state index contributed by atoms with van der Waals surface area (Å²) in [5.74, 6) is 2.98. The van der Waals surface area contributed by atoms with Crippen molar-refractivity contribution in [3.63, 3.8) is 0 Å². The van der Waals surface area contributed by atoms with Crippen LogP contribution in [0.5, 0.6) is 5.75 Å². The van der Waals surface area contributed by atoms with Crippen LogP contribution in [0.3, 0.4) is 0 Å². The lowest BCUT2D eigenvalue weighted by Gasteiger charge is -2.38. The fraction of sp³-hybridized carbons (Fsp3) is 0.600. The number of nitrogens with one attached hydrogen (secondary N) is 2. The molecule has 3 fully saturated rings. The second-order valence-electron chi connectivity index (χ2n) is 9.97. The van der Waals surface area contributed by atoms with Gasteiger partial charge in [0.25, 0.3) is 0 Å². The van der Waals surface area contributed by atoms with Crippen molar-refractivity contribution in [2.75, 3.05) is 43.0 Å². The van der Waals surface area contributed by atoms with E-state index in [1.807, 2.05) is 18.3 Å². The molecule has 2 aromatic rings. The number of rotatable bonds is 7. The number of amides is 1. The molecule has 9 heteroatoms. The summed E-state index contributed by atoms with van der Waals surface area (Å²) in [4.78, 5) is 31.6. The third-order valence-corrected chi connectivity index (χ3v) is 7.80. The maximum absolute atomic E-state index is 13.0. The van der Waals surface area contributed by atoms with Gasteiger partial charge in [-0.2, -0.15) is 4.98 Å². The van der Waals surface area contributed by atoms with Crippen LogP contribution in [0.15, 0.2) is 24.5 Å². The zero-order valence-corrected chi connectivity index (χ0v) is 19.6. The Balaban J connectivity index is 1.15. The second kappa shape index (κ2) is 9.02. The first-order valence-electron chi connectivity index (χ1n) is 12.7. The molecule has 0 radical (unpaired) electrons. The Morgan fingerprint density at radius 2 is 1.97 bits per heavy atom. The third-order valence-electron chi connectivity index (χ3n) is 7.80. The maximum Gasteiger partial charge on any atom is 0.246 e. The van der Waals surface area contributed by atoms with E-state index in [0.29, 0.717) is 30.8 Å². The molecule has 1 aliphatic carbocycles. The van der Waals surface area contributed by atoms with Crippen molar-refractivity contribution in [3.8, 4) is 5.75 Å². The van der Waals surface area contributed by atoms with Gasteiger partial charge in [0.2, 0.25) is 11.9 Å². The molecule has 0 bridgehead atoms. The summed E-state index contributed by atoms with van der Waals surface area (Å²) in [6, 6.07) is 4.18. The predicted octanol–water partition coefficient (Wildman–Crippen LogP) is 2.65. The highest BCUT2D eigenvalue weighted by Gasteiger charge is 2.55. The number of aromatic nitrogens is 3. The van der Waals surface area contributed by atoms with Crippen molar-refractivity contribution in [1.82, 2.24) is 25.2 Å². The lowest BCUT2D eigenvalue weighted by molar-refractivity contribution is -0.123. The number of hydrogen-bond donors (Lipinski definition) is 2. The number of pyridine rings is 1. The van der Waals surface area contributed by atoms with Crippen molar-refractivity contribution in [1.29, 1.82) is 0 Å². The molecule has 9 nitrogen and oxygen atoms in total. The predicted molar refractivity (Wildman–Crippen MR) is 130 cm³/mol. The molecule has 1 atom stereocenters. The molecule has 6 rings (SSSR count). The van der Waals surface area contributed by atoms with Crippen LogP contribution < -0.4 is 20.3 Å². The zero-order valence-electron chi connectivity index (χ0n) is 19.6. The Morgan fingerprint density at radius 1 is 1.12 bits per heavy atom. The van der Waals surface area contributed by atoms with Gasteiger partial charge in [-0.15, -0.1) is 0 Å². The molecule has 34 heavy (non-hydrogen) atoms. The molecule has 1 amide bonds. The topological polar surface area (TPSA) is 95.5 Å². The van der Waals surface area contributed by atoms with Gasteiger partial charge in [-0.3, -0.25) is 9.69 Å². The van der Waals surface area contributed by atoms with Crippen molar-refractivity contribution in [3.05, 3.63) is 30.1 Å². The number of ether oxygens (including phenoxy) is 1. The number of hydrogen-bond acceptors (Lipinski definition) is 8. The average molecular weight is 464 g/mol. The van der Waals surface area contributed by atoms with E-state index in [9.17, 15) is 4.79 Å². The van der Waals surface area contributed by atoms with E-state index in [4.69, 9.17) is 9.72 Å². The molecule has 2 N–H and O–H groups in total. The van der Waals surface area contributed by atoms with Crippen LogP contribution in [0.1, 0.15) is 50.5 Å². The van der Waals surface area contributed by atoms with Gasteiger partial charge in [-0.05, 0) is 57.3 Å². The molecule has 4 aliphatic rings. The summed E-state index contributed by atoms with van der Waals surface area (Å²) < 4.78 is 5.86. The van der Waals surface area contributed by atoms with Crippen molar-refractivity contribution >= 4 is 23.5 Å². The smallest absolute Gasteiger partial charge is 0.246 e. The minimum Gasteiger partial charge on any atom is -0.491 e. The molecule has 1 unspecified atom stereocenters. The fourth-order valence-corrected chi connectivity index (χ4v) is 6.09. The number of anilines is 3. The van der Waals surface area contributed by atoms with E-state index in [-0.39, 0.29) is 5.91 Å². The SMILES string of the molecule is O=C1NCCC12Cc1cnc(Nc3ccc(OCCN4CCCC4)cn3)nc1N2C1CCCC1. The lowest BCUT2D eigenvalue weighted by atomic mass is 9.91. The van der Waals surface area contributed by atoms with Crippen molar-refractivity contribution in [2.45, 2.75) is 62.9 Å². The molecular formula is C25H33N7O2. The average Bonchev–Trinajstić information content (AvgIpc) is 3.64. The number of fused-ring (bicyclic) bond motifs is 1. The summed E-state index contributed by atoms with van der Waals surface area (Å²) >= 11 is 0. The van der Waals surface area contributed by atoms with Crippen LogP contribution in [-0.4, -0.2) is 70.1 Å². The van der Waals surface area contributed by atoms with Crippen LogP contribution in [0, 0.1) is 0 Å². The van der Waals surface area contributed by atoms with Crippen LogP contribution >= 0.6 is 0 Å². The minimum atomic E-state index is -0.503. The third kappa shape index (κ3) is 3.96. The molecular weight excluding hydrogens is 430 g/mol. The summed E-state index contributed by atoms with van der Waals surface area (Å²) in [6.45, 7) is 4.71. The summed E-state index contributed by atoms with van der Waals surface area (Å²) in [7, 11) is 0. The van der Waals surface area contributed by atoms with Crippen molar-refractivity contribution in [2.24, 2.45) is 0 Å². The first kappa shape index (κ1) is 21.6. The number of carbonyl (C=O) groups is 1. The Morgan fingerprint density at radius 3 is 2.71 bits per heavy atom. The lowest BCUT2D eigenvalue weighted by Crippen LogP contribution is -2.56. The van der Waals surface area contributed by atoms with E-state index in [0.717, 1.165) is 49.5 Å². The molecule has 3 aliphatic heterocycles. The first-order valence-corrected chi connectivity index (χ1v) is 12.7. The second-order valence-corrected chi connectivity index (χ2v) is 9.97. The van der Waals surface area contributed by atoms with E-state index in [1.54, 1.807) is 6.20 Å². The van der Waals surface area contributed by atoms with Gasteiger partial charge in [-0.25, -0.2) is 9.97 Å². The Kier molecular flexibility index (Phi) is 5.72. The molecule has 2 saturated heterocycles. The number of nitrogens with zero attached hydrogens (tertiary/aromatic N) is 5. The molecule has 0 aromatic carbocycles. The van der Waals surface area contributed by atoms with E-state index in [2.05, 4.69) is 30.4 Å². The van der Waals surface area contributed by atoms with Gasteiger partial charge >= 0.3 is 0 Å². The van der Waals surface area contributed by atoms with Gasteiger partial charge < -0.3 is 20.3 Å². The Bertz CT molecular complexity index is 1030. The van der Waals surface area contributed by atoms with E-state index >= 15 is 0 Å². The van der Waals surface area contributed by atoms with Gasteiger partial charge in [0.1, 0.15) is 29.5 Å². The summed E-state index contributed by atoms with van der Waals surface area (Å²) in [5.41, 5.74) is 0.556. The fourth-order valence-electron chi connectivity index (χ4n) is 6.09. The number of likely N-dealkylation sites (tertiary alicyclic amines) is 1. The standard InChI is InChI=1S/C25H33N7O2/c33-23-25(9-10-26-23)15-18-16-28-24(30-22(18)32(25)19-5-1-2-6-19)29-21-8-7-20(17-27-21)34-14-13-31-11-3-4-12-31/h7-8,16-17,19H,1-6,9-15H2,(H,26,33)(H,27,28,29,30). The normalized spacial score (nSPS) is 24.7. The van der Waals surface area contributed by atoms with Crippen LogP contribution in [0.2, 0.25) is 0 Å². The van der Waals surface area contributed by atoms with E-state index in [1.165, 1.54) is 38.8 Å². The van der Waals surface area contributed by atoms with Gasteiger partial charge in [0.05, 0.1) is 6.20 Å². The van der Waals surface area contributed by atoms with Crippen LogP contribution in [0.25, 0.3) is 0 Å². The molecule has 2 aromatic heterocycles. The number of carbonyl (C=O) groups excluding carboxylic acids is 1. The van der Waals surface area contributed by atoms with Crippen LogP contribution in [0.4, 0.5) is 17.6 Å². The molecule has 1 spiro atoms. The highest BCUT2D eigenvalue weighted by Crippen LogP contribution is 2.46. The zero-order chi connectivity index (χ0) is 23.0. The summed E-state index contributed by atoms with van der Waals surface area (Å²) in [6.07, 6.45) is 12.4. The van der Waals surface area contributed by atoms with Crippen LogP contribution in [-0.2, 0) is 11.2 Å². The largest absolute Gasteiger partial charge is 0.491 e. The Labute approximate surface area is 200 Å². The highest BCUT2D eigenvalue weighted by molar-refractivity contribution is 5.94. The first-order chi connectivity index (χ1) is 16.7. The summed E-state index contributed by atoms with van der Waals surface area (Å²) in [5, 5.41) is 6.30. The van der Waals surface area contributed by atoms with Gasteiger partial charge in [0, 0.05) is 37.3 Å². The molecule has 1 saturated carbocycles.